The maximum absolute atomic E-state index is 9.92. The molecule has 8 nitrogen and oxygen atoms in total. The predicted octanol–water partition coefficient (Wildman–Crippen LogP) is -2.73. The van der Waals surface area contributed by atoms with Crippen molar-refractivity contribution in [3.05, 3.63) is 0 Å². The zero-order valence-corrected chi connectivity index (χ0v) is 18.1. The minimum absolute atomic E-state index is 0. The predicted molar refractivity (Wildman–Crippen MR) is 81.2 cm³/mol. The molecule has 0 spiro atoms. The van der Waals surface area contributed by atoms with Crippen molar-refractivity contribution in [2.75, 3.05) is 0 Å². The van der Waals surface area contributed by atoms with Crippen molar-refractivity contribution in [2.45, 2.75) is 77.0 Å². The Hall–Kier alpha value is -1.20. The summed E-state index contributed by atoms with van der Waals surface area (Å²) in [5.74, 6) is -4.19. The van der Waals surface area contributed by atoms with Gasteiger partial charge < -0.3 is 39.6 Å². The van der Waals surface area contributed by atoms with Gasteiger partial charge >= 0.3 is 0 Å². The van der Waals surface area contributed by atoms with Crippen LogP contribution in [0.3, 0.4) is 0 Å². The van der Waals surface area contributed by atoms with Crippen LogP contribution in [0.1, 0.15) is 77.0 Å². The fraction of sp³-hybridized carbons (Fsp3) is 0.750. The average molecular weight is 552 g/mol. The Morgan fingerprint density at radius 1 is 0.400 bits per heavy atom. The number of carbonyl (C=O) groups excluding carboxylic acids is 4. The molecule has 0 aromatic heterocycles. The van der Waals surface area contributed by atoms with Crippen LogP contribution in [0.15, 0.2) is 0 Å². The van der Waals surface area contributed by atoms with E-state index in [0.717, 1.165) is 25.7 Å². The second kappa shape index (κ2) is 20.8. The Kier molecular flexibility index (Phi) is 23.8. The molecule has 0 amide bonds. The number of hydrogen-bond donors (Lipinski definition) is 0. The van der Waals surface area contributed by atoms with Crippen LogP contribution < -0.4 is 20.4 Å². The van der Waals surface area contributed by atoms with Gasteiger partial charge in [-0.05, 0) is 51.4 Å². The molecule has 0 aliphatic carbocycles. The molecule has 4 radical (unpaired) electrons. The maximum atomic E-state index is 9.92. The molecule has 144 valence electrons. The molecular weight excluding hydrogens is 527 g/mol. The summed E-state index contributed by atoms with van der Waals surface area (Å²) in [4.78, 5) is 39.7. The fourth-order valence-electron chi connectivity index (χ4n) is 1.78. The standard InChI is InChI=1S/2C8H14O4.Pb/c2*9-7(10)5-3-1-2-4-6-8(11)12;/h2*1-6H2,(H,9,10)(H,11,12);/p-4. The van der Waals surface area contributed by atoms with Gasteiger partial charge in [0, 0.05) is 51.2 Å². The molecule has 0 unspecified atom stereocenters. The summed E-state index contributed by atoms with van der Waals surface area (Å²) < 4.78 is 0. The van der Waals surface area contributed by atoms with E-state index in [2.05, 4.69) is 0 Å². The van der Waals surface area contributed by atoms with Crippen molar-refractivity contribution in [3.8, 4) is 0 Å². The smallest absolute Gasteiger partial charge is 0.0414 e. The summed E-state index contributed by atoms with van der Waals surface area (Å²) in [5.41, 5.74) is 0. The number of carboxylic acid groups (broad SMARTS) is 4. The van der Waals surface area contributed by atoms with Crippen molar-refractivity contribution in [2.24, 2.45) is 0 Å². The monoisotopic (exact) mass is 552 g/mol. The minimum Gasteiger partial charge on any atom is -0.550 e. The number of aliphatic carboxylic acids is 4. The van der Waals surface area contributed by atoms with E-state index in [1.54, 1.807) is 0 Å². The molecule has 0 saturated heterocycles. The van der Waals surface area contributed by atoms with Crippen molar-refractivity contribution in [1.82, 2.24) is 0 Å². The second-order valence-electron chi connectivity index (χ2n) is 5.32. The molecule has 0 fully saturated rings. The van der Waals surface area contributed by atoms with Gasteiger partial charge in [-0.25, -0.2) is 0 Å². The SMILES string of the molecule is O=C([O-])CCCCCCC(=O)[O-].O=C([O-])CCCCCCC(=O)[O-].[Pb]. The van der Waals surface area contributed by atoms with Crippen LogP contribution in [0.4, 0.5) is 0 Å². The Bertz CT molecular complexity index is 312. The van der Waals surface area contributed by atoms with Gasteiger partial charge in [-0.15, -0.1) is 0 Å². The molecule has 0 heterocycles. The number of hydrogen-bond acceptors (Lipinski definition) is 8. The third-order valence-corrected chi connectivity index (χ3v) is 3.02. The Labute approximate surface area is 167 Å². The Morgan fingerprint density at radius 3 is 0.680 bits per heavy atom. The molecule has 0 aliphatic heterocycles. The molecule has 0 saturated carbocycles. The molecule has 0 aromatic rings. The van der Waals surface area contributed by atoms with E-state index >= 15 is 0 Å². The minimum atomic E-state index is -1.05. The molecule has 0 aliphatic rings. The van der Waals surface area contributed by atoms with E-state index < -0.39 is 23.9 Å². The molecule has 0 N–H and O–H groups in total. The molecule has 0 aromatic carbocycles. The largest absolute Gasteiger partial charge is 0.550 e. The van der Waals surface area contributed by atoms with E-state index in [-0.39, 0.29) is 53.0 Å². The normalized spacial score (nSPS) is 9.28. The summed E-state index contributed by atoms with van der Waals surface area (Å²) in [6.07, 6.45) is 5.45. The summed E-state index contributed by atoms with van der Waals surface area (Å²) in [6.45, 7) is 0. The molecule has 0 bridgehead atoms. The van der Waals surface area contributed by atoms with Crippen LogP contribution in [-0.4, -0.2) is 51.2 Å². The van der Waals surface area contributed by atoms with Crippen LogP contribution >= 0.6 is 0 Å². The second-order valence-corrected chi connectivity index (χ2v) is 5.32. The Balaban J connectivity index is -0.000000372. The van der Waals surface area contributed by atoms with Crippen molar-refractivity contribution in [1.29, 1.82) is 0 Å². The number of carbonyl (C=O) groups is 4. The Morgan fingerprint density at radius 2 is 0.560 bits per heavy atom. The zero-order valence-electron chi connectivity index (χ0n) is 14.3. The summed E-state index contributed by atoms with van der Waals surface area (Å²) in [7, 11) is 0. The average Bonchev–Trinajstić information content (AvgIpc) is 2.46. The van der Waals surface area contributed by atoms with Crippen molar-refractivity contribution in [3.63, 3.8) is 0 Å². The van der Waals surface area contributed by atoms with Crippen molar-refractivity contribution < 1.29 is 39.6 Å². The van der Waals surface area contributed by atoms with E-state index in [0.29, 0.717) is 25.7 Å². The van der Waals surface area contributed by atoms with Gasteiger partial charge in [0.25, 0.3) is 0 Å². The first kappa shape index (κ1) is 28.6. The quantitative estimate of drug-likeness (QED) is 0.166. The van der Waals surface area contributed by atoms with E-state index in [1.807, 2.05) is 0 Å². The van der Waals surface area contributed by atoms with Gasteiger partial charge in [0.15, 0.2) is 0 Å². The van der Waals surface area contributed by atoms with E-state index in [9.17, 15) is 39.6 Å². The van der Waals surface area contributed by atoms with Gasteiger partial charge in [0.1, 0.15) is 0 Å². The van der Waals surface area contributed by atoms with Gasteiger partial charge in [0.2, 0.25) is 0 Å². The molecule has 9 heteroatoms. The van der Waals surface area contributed by atoms with Crippen LogP contribution in [0.5, 0.6) is 0 Å². The topological polar surface area (TPSA) is 161 Å². The van der Waals surface area contributed by atoms with Crippen LogP contribution in [0, 0.1) is 0 Å². The number of rotatable bonds is 14. The number of carboxylic acids is 4. The van der Waals surface area contributed by atoms with Gasteiger partial charge in [0.05, 0.1) is 0 Å². The first-order chi connectivity index (χ1) is 11.3. The molecule has 0 atom stereocenters. The van der Waals surface area contributed by atoms with Crippen molar-refractivity contribution >= 4 is 51.2 Å². The fourth-order valence-corrected chi connectivity index (χ4v) is 1.78. The number of unbranched alkanes of at least 4 members (excludes halogenated alkanes) is 6. The van der Waals surface area contributed by atoms with Gasteiger partial charge in [-0.3, -0.25) is 0 Å². The summed E-state index contributed by atoms with van der Waals surface area (Å²) in [6, 6.07) is 0. The summed E-state index contributed by atoms with van der Waals surface area (Å²) >= 11 is 0. The maximum Gasteiger partial charge on any atom is 0.0414 e. The third kappa shape index (κ3) is 35.0. The van der Waals surface area contributed by atoms with Gasteiger partial charge in [-0.2, -0.15) is 0 Å². The first-order valence-electron chi connectivity index (χ1n) is 8.05. The molecule has 25 heavy (non-hydrogen) atoms. The van der Waals surface area contributed by atoms with E-state index in [1.165, 1.54) is 0 Å². The van der Waals surface area contributed by atoms with E-state index in [4.69, 9.17) is 0 Å². The van der Waals surface area contributed by atoms with Crippen LogP contribution in [-0.2, 0) is 19.2 Å². The zero-order chi connectivity index (χ0) is 18.8. The third-order valence-electron chi connectivity index (χ3n) is 3.02. The van der Waals surface area contributed by atoms with Crippen LogP contribution in [0.25, 0.3) is 0 Å². The van der Waals surface area contributed by atoms with Crippen LogP contribution in [0.2, 0.25) is 0 Å². The first-order valence-corrected chi connectivity index (χ1v) is 8.05. The van der Waals surface area contributed by atoms with Gasteiger partial charge in [-0.1, -0.05) is 25.7 Å². The summed E-state index contributed by atoms with van der Waals surface area (Å²) in [5, 5.41) is 39.7. The molecule has 0 rings (SSSR count). The molecular formula is C16H24O8Pb-4.